The maximum absolute atomic E-state index is 12.5. The number of anilines is 2. The maximum Gasteiger partial charge on any atom is 0.274 e. The number of halogens is 1. The smallest absolute Gasteiger partial charge is 0.274 e. The number of amides is 1. The van der Waals surface area contributed by atoms with E-state index in [0.717, 1.165) is 35.2 Å². The first-order valence-electron chi connectivity index (χ1n) is 8.18. The van der Waals surface area contributed by atoms with Crippen LogP contribution in [0.15, 0.2) is 34.9 Å². The van der Waals surface area contributed by atoms with Gasteiger partial charge in [-0.15, -0.1) is 0 Å². The summed E-state index contributed by atoms with van der Waals surface area (Å²) in [5.74, 6) is 1.05. The summed E-state index contributed by atoms with van der Waals surface area (Å²) in [5, 5.41) is 2.90. The number of hydrogen-bond donors (Lipinski definition) is 1. The van der Waals surface area contributed by atoms with Gasteiger partial charge in [-0.3, -0.25) is 4.79 Å². The Morgan fingerprint density at radius 3 is 2.96 bits per heavy atom. The fourth-order valence-electron chi connectivity index (χ4n) is 2.92. The number of aromatic nitrogens is 2. The lowest BCUT2D eigenvalue weighted by Gasteiger charge is -2.30. The molecule has 6 heteroatoms. The standard InChI is InChI=1S/C18H21BrN4O/c1-12-4-3-9-23(11-12)18-20-8-7-16(22-18)17(24)21-14-5-6-15(19)13(2)10-14/h5-8,10,12H,3-4,9,11H2,1-2H3,(H,21,24). The zero-order valence-electron chi connectivity index (χ0n) is 13.9. The maximum atomic E-state index is 12.5. The zero-order chi connectivity index (χ0) is 17.1. The first-order chi connectivity index (χ1) is 11.5. The van der Waals surface area contributed by atoms with Gasteiger partial charge in [-0.25, -0.2) is 9.97 Å². The van der Waals surface area contributed by atoms with Gasteiger partial charge in [0.2, 0.25) is 5.95 Å². The molecular formula is C18H21BrN4O. The molecular weight excluding hydrogens is 368 g/mol. The van der Waals surface area contributed by atoms with Gasteiger partial charge in [-0.1, -0.05) is 22.9 Å². The third-order valence-electron chi connectivity index (χ3n) is 4.23. The van der Waals surface area contributed by atoms with E-state index in [1.807, 2.05) is 25.1 Å². The summed E-state index contributed by atoms with van der Waals surface area (Å²) in [6, 6.07) is 7.36. The first kappa shape index (κ1) is 16.9. The Bertz CT molecular complexity index is 750. The fourth-order valence-corrected chi connectivity index (χ4v) is 3.16. The van der Waals surface area contributed by atoms with Crippen molar-refractivity contribution in [2.24, 2.45) is 5.92 Å². The molecule has 1 aliphatic heterocycles. The minimum atomic E-state index is -0.217. The quantitative estimate of drug-likeness (QED) is 0.861. The monoisotopic (exact) mass is 388 g/mol. The molecule has 0 saturated carbocycles. The van der Waals surface area contributed by atoms with Gasteiger partial charge < -0.3 is 10.2 Å². The van der Waals surface area contributed by atoms with Crippen LogP contribution in [0.4, 0.5) is 11.6 Å². The molecule has 2 aromatic rings. The normalized spacial score (nSPS) is 17.6. The highest BCUT2D eigenvalue weighted by Crippen LogP contribution is 2.22. The molecule has 5 nitrogen and oxygen atoms in total. The molecule has 0 spiro atoms. The highest BCUT2D eigenvalue weighted by Gasteiger charge is 2.19. The van der Waals surface area contributed by atoms with E-state index < -0.39 is 0 Å². The molecule has 126 valence electrons. The zero-order valence-corrected chi connectivity index (χ0v) is 15.5. The van der Waals surface area contributed by atoms with Crippen molar-refractivity contribution in [1.29, 1.82) is 0 Å². The minimum Gasteiger partial charge on any atom is -0.341 e. The van der Waals surface area contributed by atoms with Crippen molar-refractivity contribution >= 4 is 33.5 Å². The molecule has 2 heterocycles. The van der Waals surface area contributed by atoms with E-state index in [-0.39, 0.29) is 5.91 Å². The Hall–Kier alpha value is -1.95. The third kappa shape index (κ3) is 3.93. The van der Waals surface area contributed by atoms with E-state index in [0.29, 0.717) is 17.6 Å². The number of nitrogens with one attached hydrogen (secondary N) is 1. The number of piperidine rings is 1. The van der Waals surface area contributed by atoms with Crippen LogP contribution in [0.5, 0.6) is 0 Å². The second-order valence-electron chi connectivity index (χ2n) is 6.35. The van der Waals surface area contributed by atoms with Gasteiger partial charge in [-0.2, -0.15) is 0 Å². The molecule has 1 N–H and O–H groups in total. The minimum absolute atomic E-state index is 0.217. The Balaban J connectivity index is 1.75. The van der Waals surface area contributed by atoms with E-state index in [4.69, 9.17) is 0 Å². The molecule has 1 unspecified atom stereocenters. The lowest BCUT2D eigenvalue weighted by Crippen LogP contribution is -2.35. The Labute approximate surface area is 150 Å². The number of nitrogens with zero attached hydrogens (tertiary/aromatic N) is 3. The van der Waals surface area contributed by atoms with Crippen LogP contribution in [0.2, 0.25) is 0 Å². The average molecular weight is 389 g/mol. The summed E-state index contributed by atoms with van der Waals surface area (Å²) in [5.41, 5.74) is 2.21. The molecule has 0 radical (unpaired) electrons. The van der Waals surface area contributed by atoms with E-state index in [1.165, 1.54) is 6.42 Å². The van der Waals surface area contributed by atoms with Gasteiger partial charge in [0, 0.05) is 29.4 Å². The Morgan fingerprint density at radius 2 is 2.21 bits per heavy atom. The van der Waals surface area contributed by atoms with E-state index >= 15 is 0 Å². The average Bonchev–Trinajstić information content (AvgIpc) is 2.58. The number of aryl methyl sites for hydroxylation is 1. The Kier molecular flexibility index (Phi) is 5.14. The van der Waals surface area contributed by atoms with Crippen molar-refractivity contribution in [1.82, 2.24) is 9.97 Å². The van der Waals surface area contributed by atoms with Gasteiger partial charge in [0.05, 0.1) is 0 Å². The van der Waals surface area contributed by atoms with Crippen molar-refractivity contribution in [3.8, 4) is 0 Å². The number of rotatable bonds is 3. The SMILES string of the molecule is Cc1cc(NC(=O)c2ccnc(N3CCCC(C)C3)n2)ccc1Br. The van der Waals surface area contributed by atoms with Crippen LogP contribution in [0.25, 0.3) is 0 Å². The molecule has 1 aliphatic rings. The molecule has 3 rings (SSSR count). The molecule has 1 fully saturated rings. The van der Waals surface area contributed by atoms with Gasteiger partial charge in [0.25, 0.3) is 5.91 Å². The van der Waals surface area contributed by atoms with Crippen molar-refractivity contribution in [2.45, 2.75) is 26.7 Å². The van der Waals surface area contributed by atoms with Crippen molar-refractivity contribution in [3.05, 3.63) is 46.2 Å². The number of carbonyl (C=O) groups excluding carboxylic acids is 1. The Morgan fingerprint density at radius 1 is 1.38 bits per heavy atom. The number of carbonyl (C=O) groups is 1. The second kappa shape index (κ2) is 7.30. The lowest BCUT2D eigenvalue weighted by atomic mass is 10.0. The van der Waals surface area contributed by atoms with Crippen LogP contribution in [-0.4, -0.2) is 29.0 Å². The molecule has 24 heavy (non-hydrogen) atoms. The lowest BCUT2D eigenvalue weighted by molar-refractivity contribution is 0.102. The predicted molar refractivity (Wildman–Crippen MR) is 99.5 cm³/mol. The van der Waals surface area contributed by atoms with Crippen molar-refractivity contribution in [3.63, 3.8) is 0 Å². The van der Waals surface area contributed by atoms with Crippen LogP contribution in [0, 0.1) is 12.8 Å². The highest BCUT2D eigenvalue weighted by molar-refractivity contribution is 9.10. The summed E-state index contributed by atoms with van der Waals surface area (Å²) in [6.45, 7) is 6.11. The topological polar surface area (TPSA) is 58.1 Å². The summed E-state index contributed by atoms with van der Waals surface area (Å²) in [6.07, 6.45) is 4.03. The molecule has 0 aliphatic carbocycles. The fraction of sp³-hybridized carbons (Fsp3) is 0.389. The van der Waals surface area contributed by atoms with Gasteiger partial charge in [0.1, 0.15) is 5.69 Å². The van der Waals surface area contributed by atoms with Crippen molar-refractivity contribution < 1.29 is 4.79 Å². The number of benzene rings is 1. The highest BCUT2D eigenvalue weighted by atomic mass is 79.9. The summed E-state index contributed by atoms with van der Waals surface area (Å²) in [4.78, 5) is 23.4. The van der Waals surface area contributed by atoms with Gasteiger partial charge in [0.15, 0.2) is 0 Å². The van der Waals surface area contributed by atoms with E-state index in [2.05, 4.69) is 43.0 Å². The first-order valence-corrected chi connectivity index (χ1v) is 8.98. The molecule has 1 aromatic heterocycles. The molecule has 1 amide bonds. The van der Waals surface area contributed by atoms with Gasteiger partial charge in [-0.05, 0) is 55.5 Å². The molecule has 1 saturated heterocycles. The van der Waals surface area contributed by atoms with E-state index in [1.54, 1.807) is 12.3 Å². The molecule has 1 atom stereocenters. The van der Waals surface area contributed by atoms with Crippen molar-refractivity contribution in [2.75, 3.05) is 23.3 Å². The van der Waals surface area contributed by atoms with E-state index in [9.17, 15) is 4.79 Å². The summed E-state index contributed by atoms with van der Waals surface area (Å²) in [7, 11) is 0. The molecule has 0 bridgehead atoms. The number of hydrogen-bond acceptors (Lipinski definition) is 4. The third-order valence-corrected chi connectivity index (χ3v) is 5.12. The van der Waals surface area contributed by atoms with Crippen LogP contribution < -0.4 is 10.2 Å². The summed E-state index contributed by atoms with van der Waals surface area (Å²) < 4.78 is 1.02. The molecule has 1 aromatic carbocycles. The van der Waals surface area contributed by atoms with Crippen LogP contribution >= 0.6 is 15.9 Å². The predicted octanol–water partition coefficient (Wildman–Crippen LogP) is 4.04. The summed E-state index contributed by atoms with van der Waals surface area (Å²) >= 11 is 3.46. The van der Waals surface area contributed by atoms with Crippen LogP contribution in [0.1, 0.15) is 35.8 Å². The van der Waals surface area contributed by atoms with Crippen LogP contribution in [0.3, 0.4) is 0 Å². The second-order valence-corrected chi connectivity index (χ2v) is 7.21. The van der Waals surface area contributed by atoms with Gasteiger partial charge >= 0.3 is 0 Å². The largest absolute Gasteiger partial charge is 0.341 e. The van der Waals surface area contributed by atoms with Crippen LogP contribution in [-0.2, 0) is 0 Å².